The van der Waals surface area contributed by atoms with Crippen LogP contribution < -0.4 is 0 Å². The molecule has 1 nitrogen and oxygen atoms in total. The van der Waals surface area contributed by atoms with Gasteiger partial charge in [-0.3, -0.25) is 0 Å². The Morgan fingerprint density at radius 2 is 1.00 bits per heavy atom. The Morgan fingerprint density at radius 1 is 1.00 bits per heavy atom. The molecule has 28 valence electrons. The molecule has 4 heteroatoms. The summed E-state index contributed by atoms with van der Waals surface area (Å²) in [5.74, 6) is 0. The van der Waals surface area contributed by atoms with Crippen LogP contribution in [-0.4, -0.2) is 51.0 Å². The third-order valence-corrected chi connectivity index (χ3v) is 0. The molecule has 0 rings (SSSR count). The molecule has 0 aromatic carbocycles. The van der Waals surface area contributed by atoms with Crippen LogP contribution in [0.15, 0.2) is 0 Å². The van der Waals surface area contributed by atoms with Crippen molar-refractivity contribution in [3.05, 3.63) is 0 Å². The molecule has 0 aliphatic rings. The fourth-order valence-corrected chi connectivity index (χ4v) is 0. The van der Waals surface area contributed by atoms with E-state index >= 15 is 0 Å². The number of hydrogen-bond donors (Lipinski definition) is 0. The molecule has 0 aromatic heterocycles. The summed E-state index contributed by atoms with van der Waals surface area (Å²) in [4.78, 5) is 0. The van der Waals surface area contributed by atoms with E-state index in [-0.39, 0.29) is 107 Å². The zero-order valence-electron chi connectivity index (χ0n) is 1.21. The van der Waals surface area contributed by atoms with E-state index in [1.165, 1.54) is 0 Å². The van der Waals surface area contributed by atoms with E-state index in [1.807, 2.05) is 0 Å². The summed E-state index contributed by atoms with van der Waals surface area (Å²) in [6.45, 7) is 0. The van der Waals surface area contributed by atoms with E-state index in [9.17, 15) is 0 Å². The van der Waals surface area contributed by atoms with Gasteiger partial charge >= 0.3 is 45.5 Å². The molecule has 0 aromatic rings. The van der Waals surface area contributed by atoms with Crippen molar-refractivity contribution in [1.82, 2.24) is 0 Å². The molecule has 0 bridgehead atoms. The van der Waals surface area contributed by atoms with Gasteiger partial charge in [-0.1, -0.05) is 0 Å². The molecule has 0 amide bonds. The first-order valence-electron chi connectivity index (χ1n) is 0. The van der Waals surface area contributed by atoms with Crippen molar-refractivity contribution in [1.29, 1.82) is 0 Å². The molecule has 0 saturated carbocycles. The normalized spacial score (nSPS) is 0. The summed E-state index contributed by atoms with van der Waals surface area (Å²) >= 11 is 0. The molecule has 0 saturated heterocycles. The van der Waals surface area contributed by atoms with E-state index in [0.717, 1.165) is 0 Å². The predicted octanol–water partition coefficient (Wildman–Crippen LogP) is -1.74. The van der Waals surface area contributed by atoms with Gasteiger partial charge in [-0.05, 0) is 0 Å². The average Bonchev–Trinajstić information content (AvgIpc) is 0. The molecule has 0 spiro atoms. The average molecular weight is 322 g/mol. The van der Waals surface area contributed by atoms with Crippen LogP contribution in [0.4, 0.5) is 0 Å². The summed E-state index contributed by atoms with van der Waals surface area (Å²) in [7, 11) is 0. The first kappa shape index (κ1) is 26.8. The minimum Gasteiger partial charge on any atom is 0 e. The first-order chi connectivity index (χ1) is 0. The van der Waals surface area contributed by atoms with E-state index in [2.05, 4.69) is 0 Å². The van der Waals surface area contributed by atoms with Gasteiger partial charge in [0.2, 0.25) is 0 Å². The van der Waals surface area contributed by atoms with Crippen molar-refractivity contribution in [2.45, 2.75) is 0 Å². The fourth-order valence-electron chi connectivity index (χ4n) is 0. The van der Waals surface area contributed by atoms with Crippen LogP contribution in [0.2, 0.25) is 0 Å². The van der Waals surface area contributed by atoms with Gasteiger partial charge < -0.3 is 5.48 Å². The van der Waals surface area contributed by atoms with Gasteiger partial charge in [0.15, 0.2) is 0 Å². The van der Waals surface area contributed by atoms with Crippen molar-refractivity contribution >= 4 is 45.5 Å². The predicted molar refractivity (Wildman–Crippen MR) is 12.2 cm³/mol. The molecule has 0 atom stereocenters. The van der Waals surface area contributed by atoms with Crippen molar-refractivity contribution < 1.29 is 61.2 Å². The maximum absolute atomic E-state index is 0. The summed E-state index contributed by atoms with van der Waals surface area (Å²) in [6, 6.07) is 0. The van der Waals surface area contributed by atoms with Gasteiger partial charge in [-0.25, -0.2) is 0 Å². The second-order valence-corrected chi connectivity index (χ2v) is 0. The standard InChI is InChI=1S/Mn.H2O.Sr.Tb.2H/h;1H2;;;;. The Balaban J connectivity index is 0. The van der Waals surface area contributed by atoms with Crippen molar-refractivity contribution in [2.24, 2.45) is 0 Å². The molecule has 2 radical (unpaired) electrons. The van der Waals surface area contributed by atoms with Gasteiger partial charge in [0.25, 0.3) is 0 Å². The first-order valence-corrected chi connectivity index (χ1v) is 0. The molecule has 4 heavy (non-hydrogen) atoms. The Kier molecular flexibility index (Phi) is 109. The van der Waals surface area contributed by atoms with Crippen LogP contribution in [0.1, 0.15) is 0 Å². The van der Waals surface area contributed by atoms with Crippen LogP contribution in [0.25, 0.3) is 0 Å². The van der Waals surface area contributed by atoms with Gasteiger partial charge in [0, 0.05) is 55.7 Å². The third kappa shape index (κ3) is 8.98. The molecular weight excluding hydrogens is 317 g/mol. The largest absolute Gasteiger partial charge is 0 e. The SMILES string of the molecule is O.[Mn].[SrH2].[Tb]. The maximum Gasteiger partial charge on any atom is 0 e. The van der Waals surface area contributed by atoms with Crippen LogP contribution in [0.5, 0.6) is 0 Å². The van der Waals surface area contributed by atoms with Gasteiger partial charge in [0.1, 0.15) is 0 Å². The van der Waals surface area contributed by atoms with Crippen LogP contribution >= 0.6 is 0 Å². The molecule has 2 N–H and O–H groups in total. The minimum absolute atomic E-state index is 0. The zero-order valence-corrected chi connectivity index (χ0v) is 4.53. The van der Waals surface area contributed by atoms with Crippen molar-refractivity contribution in [3.8, 4) is 0 Å². The zero-order chi connectivity index (χ0) is 0. The fraction of sp³-hybridized carbons (Fsp3) is 0. The molecule has 0 heterocycles. The van der Waals surface area contributed by atoms with Crippen LogP contribution in [0.3, 0.4) is 0 Å². The summed E-state index contributed by atoms with van der Waals surface area (Å²) in [5.41, 5.74) is 0. The van der Waals surface area contributed by atoms with E-state index in [4.69, 9.17) is 0 Å². The van der Waals surface area contributed by atoms with Crippen molar-refractivity contribution in [3.63, 3.8) is 0 Å². The topological polar surface area (TPSA) is 31.5 Å². The number of rotatable bonds is 0. The molecule has 0 aliphatic heterocycles. The van der Waals surface area contributed by atoms with Crippen LogP contribution in [-0.2, 0) is 17.1 Å². The molecular formula is H4MnOSrTb. The quantitative estimate of drug-likeness (QED) is 0.474. The maximum atomic E-state index is 0. The second-order valence-electron chi connectivity index (χ2n) is 0. The van der Waals surface area contributed by atoms with E-state index in [0.29, 0.717) is 0 Å². The van der Waals surface area contributed by atoms with Gasteiger partial charge in [-0.2, -0.15) is 0 Å². The molecule has 0 aliphatic carbocycles. The molecule has 0 unspecified atom stereocenters. The summed E-state index contributed by atoms with van der Waals surface area (Å²) < 4.78 is 0. The number of hydrogen-bond acceptors (Lipinski definition) is 0. The van der Waals surface area contributed by atoms with Crippen molar-refractivity contribution in [2.75, 3.05) is 0 Å². The van der Waals surface area contributed by atoms with E-state index in [1.54, 1.807) is 0 Å². The Hall–Kier alpha value is 3.25. The summed E-state index contributed by atoms with van der Waals surface area (Å²) in [5, 5.41) is 0. The van der Waals surface area contributed by atoms with Gasteiger partial charge in [-0.15, -0.1) is 0 Å². The molecule has 0 fully saturated rings. The van der Waals surface area contributed by atoms with Gasteiger partial charge in [0.05, 0.1) is 0 Å². The Bertz CT molecular complexity index is 8.00. The minimum atomic E-state index is 0. The van der Waals surface area contributed by atoms with E-state index < -0.39 is 0 Å². The second kappa shape index (κ2) is 16.3. The third-order valence-electron chi connectivity index (χ3n) is 0. The Morgan fingerprint density at radius 3 is 1.00 bits per heavy atom. The monoisotopic (exact) mass is 322 g/mol. The smallest absolute Gasteiger partial charge is 0 e. The summed E-state index contributed by atoms with van der Waals surface area (Å²) in [6.07, 6.45) is 0. The Labute approximate surface area is 104 Å². The van der Waals surface area contributed by atoms with Crippen LogP contribution in [0, 0.1) is 38.6 Å².